The summed E-state index contributed by atoms with van der Waals surface area (Å²) >= 11 is 0. The molecular weight excluding hydrogens is 286 g/mol. The zero-order valence-electron chi connectivity index (χ0n) is 15.3. The number of hydrogen-bond donors (Lipinski definition) is 0. The third kappa shape index (κ3) is 3.44. The highest BCUT2D eigenvalue weighted by molar-refractivity contribution is 5.87. The Balaban J connectivity index is 2.55. The molecule has 0 fully saturated rings. The van der Waals surface area contributed by atoms with Crippen LogP contribution >= 0.6 is 0 Å². The molecule has 1 heterocycles. The van der Waals surface area contributed by atoms with Gasteiger partial charge in [0.15, 0.2) is 0 Å². The maximum atomic E-state index is 12.5. The fourth-order valence-electron chi connectivity index (χ4n) is 3.62. The standard InChI is InChI=1S/C20H29NO2/c1-7-8-9-18(19(22)23-6)21-17-11-10-14(2)12-16(17)15(3)13-20(21,4)5/h10-13,18H,7-9H2,1-6H3. The first-order valence-electron chi connectivity index (χ1n) is 8.49. The molecule has 0 amide bonds. The molecular formula is C20H29NO2. The van der Waals surface area contributed by atoms with Gasteiger partial charge in [0, 0.05) is 11.3 Å². The molecule has 0 saturated carbocycles. The van der Waals surface area contributed by atoms with E-state index in [9.17, 15) is 4.79 Å². The molecule has 0 aliphatic carbocycles. The van der Waals surface area contributed by atoms with Crippen molar-refractivity contribution in [3.05, 3.63) is 35.4 Å². The number of aryl methyl sites for hydroxylation is 1. The zero-order chi connectivity index (χ0) is 17.2. The lowest BCUT2D eigenvalue weighted by Gasteiger charge is -2.47. The number of esters is 1. The number of anilines is 1. The minimum Gasteiger partial charge on any atom is -0.467 e. The van der Waals surface area contributed by atoms with Gasteiger partial charge in [-0.05, 0) is 51.8 Å². The van der Waals surface area contributed by atoms with Gasteiger partial charge in [-0.2, -0.15) is 0 Å². The molecule has 1 unspecified atom stereocenters. The number of hydrogen-bond acceptors (Lipinski definition) is 3. The van der Waals surface area contributed by atoms with Crippen LogP contribution in [0.15, 0.2) is 24.3 Å². The van der Waals surface area contributed by atoms with Crippen molar-refractivity contribution in [3.8, 4) is 0 Å². The van der Waals surface area contributed by atoms with Crippen molar-refractivity contribution in [1.82, 2.24) is 0 Å². The van der Waals surface area contributed by atoms with E-state index >= 15 is 0 Å². The van der Waals surface area contributed by atoms with Gasteiger partial charge in [-0.1, -0.05) is 37.5 Å². The van der Waals surface area contributed by atoms with Gasteiger partial charge in [-0.15, -0.1) is 0 Å². The monoisotopic (exact) mass is 315 g/mol. The van der Waals surface area contributed by atoms with Crippen molar-refractivity contribution < 1.29 is 9.53 Å². The van der Waals surface area contributed by atoms with E-state index in [4.69, 9.17) is 4.74 Å². The van der Waals surface area contributed by atoms with Crippen molar-refractivity contribution in [2.75, 3.05) is 12.0 Å². The van der Waals surface area contributed by atoms with E-state index in [1.165, 1.54) is 23.8 Å². The van der Waals surface area contributed by atoms with Gasteiger partial charge in [-0.25, -0.2) is 4.79 Å². The molecule has 0 saturated heterocycles. The minimum atomic E-state index is -0.249. The molecule has 0 spiro atoms. The number of carbonyl (C=O) groups is 1. The summed E-state index contributed by atoms with van der Waals surface area (Å²) in [6, 6.07) is 6.22. The Labute approximate surface area is 140 Å². The van der Waals surface area contributed by atoms with E-state index < -0.39 is 0 Å². The second-order valence-corrected chi connectivity index (χ2v) is 7.05. The highest BCUT2D eigenvalue weighted by Crippen LogP contribution is 2.41. The van der Waals surface area contributed by atoms with Crippen LogP contribution in [0, 0.1) is 6.92 Å². The largest absolute Gasteiger partial charge is 0.467 e. The van der Waals surface area contributed by atoms with Crippen LogP contribution < -0.4 is 4.90 Å². The van der Waals surface area contributed by atoms with Crippen molar-refractivity contribution >= 4 is 17.2 Å². The number of allylic oxidation sites excluding steroid dienone is 1. The lowest BCUT2D eigenvalue weighted by molar-refractivity contribution is -0.142. The summed E-state index contributed by atoms with van der Waals surface area (Å²) in [4.78, 5) is 14.7. The summed E-state index contributed by atoms with van der Waals surface area (Å²) in [5.41, 5.74) is 4.63. The lowest BCUT2D eigenvalue weighted by atomic mass is 9.86. The van der Waals surface area contributed by atoms with Gasteiger partial charge in [0.05, 0.1) is 12.6 Å². The normalized spacial score (nSPS) is 17.3. The molecule has 0 aromatic heterocycles. The smallest absolute Gasteiger partial charge is 0.328 e. The molecule has 0 N–H and O–H groups in total. The topological polar surface area (TPSA) is 29.5 Å². The number of nitrogens with zero attached hydrogens (tertiary/aromatic N) is 1. The Morgan fingerprint density at radius 3 is 2.61 bits per heavy atom. The molecule has 1 atom stereocenters. The molecule has 126 valence electrons. The average Bonchev–Trinajstić information content (AvgIpc) is 2.49. The van der Waals surface area contributed by atoms with E-state index in [1.807, 2.05) is 0 Å². The van der Waals surface area contributed by atoms with Crippen LogP contribution in [0.1, 0.15) is 58.1 Å². The van der Waals surface area contributed by atoms with E-state index in [2.05, 4.69) is 63.8 Å². The number of fused-ring (bicyclic) bond motifs is 1. The molecule has 1 aliphatic heterocycles. The van der Waals surface area contributed by atoms with E-state index in [0.29, 0.717) is 0 Å². The third-order valence-electron chi connectivity index (χ3n) is 4.64. The molecule has 23 heavy (non-hydrogen) atoms. The van der Waals surface area contributed by atoms with Crippen LogP contribution in [0.4, 0.5) is 5.69 Å². The van der Waals surface area contributed by atoms with E-state index in [0.717, 1.165) is 24.9 Å². The van der Waals surface area contributed by atoms with Crippen LogP contribution in [0.25, 0.3) is 5.57 Å². The Morgan fingerprint density at radius 1 is 1.30 bits per heavy atom. The highest BCUT2D eigenvalue weighted by Gasteiger charge is 2.39. The van der Waals surface area contributed by atoms with Gasteiger partial charge in [-0.3, -0.25) is 0 Å². The summed E-state index contributed by atoms with van der Waals surface area (Å²) in [6.45, 7) is 10.7. The van der Waals surface area contributed by atoms with Gasteiger partial charge in [0.25, 0.3) is 0 Å². The second-order valence-electron chi connectivity index (χ2n) is 7.05. The molecule has 2 rings (SSSR count). The summed E-state index contributed by atoms with van der Waals surface area (Å²) in [5, 5.41) is 0. The average molecular weight is 315 g/mol. The maximum Gasteiger partial charge on any atom is 0.328 e. The molecule has 3 nitrogen and oxygen atoms in total. The zero-order valence-corrected chi connectivity index (χ0v) is 15.3. The molecule has 1 aromatic carbocycles. The summed E-state index contributed by atoms with van der Waals surface area (Å²) < 4.78 is 5.12. The van der Waals surface area contributed by atoms with Crippen molar-refractivity contribution in [2.45, 2.75) is 65.5 Å². The predicted octanol–water partition coefficient (Wildman–Crippen LogP) is 4.73. The fourth-order valence-corrected chi connectivity index (χ4v) is 3.62. The number of ether oxygens (including phenoxy) is 1. The maximum absolute atomic E-state index is 12.5. The Hall–Kier alpha value is -1.77. The van der Waals surface area contributed by atoms with E-state index in [-0.39, 0.29) is 17.6 Å². The van der Waals surface area contributed by atoms with Crippen molar-refractivity contribution in [3.63, 3.8) is 0 Å². The second kappa shape index (κ2) is 6.77. The van der Waals surface area contributed by atoms with Gasteiger partial charge < -0.3 is 9.64 Å². The number of methoxy groups -OCH3 is 1. The first kappa shape index (κ1) is 17.6. The number of benzene rings is 1. The van der Waals surface area contributed by atoms with Crippen LogP contribution in [0.2, 0.25) is 0 Å². The first-order chi connectivity index (χ1) is 10.8. The molecule has 0 bridgehead atoms. The van der Waals surface area contributed by atoms with Crippen LogP contribution in [0.5, 0.6) is 0 Å². The van der Waals surface area contributed by atoms with Gasteiger partial charge >= 0.3 is 5.97 Å². The SMILES string of the molecule is CCCCC(C(=O)OC)N1c2ccc(C)cc2C(C)=CC1(C)C. The molecule has 1 aliphatic rings. The first-order valence-corrected chi connectivity index (χ1v) is 8.49. The third-order valence-corrected chi connectivity index (χ3v) is 4.64. The van der Waals surface area contributed by atoms with Crippen LogP contribution in [-0.2, 0) is 9.53 Å². The Kier molecular flexibility index (Phi) is 5.18. The fraction of sp³-hybridized carbons (Fsp3) is 0.550. The molecule has 1 aromatic rings. The number of carbonyl (C=O) groups excluding carboxylic acids is 1. The van der Waals surface area contributed by atoms with Crippen molar-refractivity contribution in [2.24, 2.45) is 0 Å². The van der Waals surface area contributed by atoms with Crippen molar-refractivity contribution in [1.29, 1.82) is 0 Å². The molecule has 3 heteroatoms. The highest BCUT2D eigenvalue weighted by atomic mass is 16.5. The number of rotatable bonds is 5. The predicted molar refractivity (Wildman–Crippen MR) is 96.7 cm³/mol. The Bertz CT molecular complexity index is 616. The quantitative estimate of drug-likeness (QED) is 0.736. The van der Waals surface area contributed by atoms with Gasteiger partial charge in [0.1, 0.15) is 6.04 Å². The Morgan fingerprint density at radius 2 is 2.00 bits per heavy atom. The minimum absolute atomic E-state index is 0.147. The molecule has 0 radical (unpaired) electrons. The summed E-state index contributed by atoms with van der Waals surface area (Å²) in [5.74, 6) is -0.147. The van der Waals surface area contributed by atoms with Crippen LogP contribution in [-0.4, -0.2) is 24.7 Å². The lowest BCUT2D eigenvalue weighted by Crippen LogP contribution is -2.54. The van der Waals surface area contributed by atoms with E-state index in [1.54, 1.807) is 0 Å². The van der Waals surface area contributed by atoms with Crippen LogP contribution in [0.3, 0.4) is 0 Å². The van der Waals surface area contributed by atoms with Gasteiger partial charge in [0.2, 0.25) is 0 Å². The number of unbranched alkanes of at least 4 members (excludes halogenated alkanes) is 1. The summed E-state index contributed by atoms with van der Waals surface area (Å²) in [7, 11) is 1.48. The summed E-state index contributed by atoms with van der Waals surface area (Å²) in [6.07, 6.45) is 5.15.